The number of rotatable bonds is 6. The largest absolute Gasteiger partial charge is 0.480 e. The first-order chi connectivity index (χ1) is 15.3. The lowest BCUT2D eigenvalue weighted by Crippen LogP contribution is -2.69. The predicted octanol–water partition coefficient (Wildman–Crippen LogP) is 2.43. The monoisotopic (exact) mass is 461 g/mol. The second-order valence-electron chi connectivity index (χ2n) is 9.29. The van der Waals surface area contributed by atoms with E-state index in [0.717, 1.165) is 24.0 Å². The Labute approximate surface area is 190 Å². The summed E-state index contributed by atoms with van der Waals surface area (Å²) in [6, 6.07) is 2.46. The predicted molar refractivity (Wildman–Crippen MR) is 116 cm³/mol. The van der Waals surface area contributed by atoms with Crippen LogP contribution in [-0.2, 0) is 21.4 Å². The molecule has 2 saturated carbocycles. The zero-order chi connectivity index (χ0) is 22.7. The first-order valence-electron chi connectivity index (χ1n) is 11.1. The number of carbonyl (C=O) groups excluding carboxylic acids is 2. The van der Waals surface area contributed by atoms with Gasteiger partial charge in [-0.05, 0) is 61.7 Å². The molecule has 1 heterocycles. The molecule has 32 heavy (non-hydrogen) atoms. The van der Waals surface area contributed by atoms with Crippen molar-refractivity contribution in [3.05, 3.63) is 23.3 Å². The second kappa shape index (κ2) is 7.66. The summed E-state index contributed by atoms with van der Waals surface area (Å²) in [6.07, 6.45) is 4.35. The number of hydrogen-bond acceptors (Lipinski definition) is 7. The quantitative estimate of drug-likeness (QED) is 0.591. The molecule has 5 atom stereocenters. The highest BCUT2D eigenvalue weighted by molar-refractivity contribution is 7.98. The Morgan fingerprint density at radius 1 is 1.38 bits per heavy atom. The van der Waals surface area contributed by atoms with Crippen molar-refractivity contribution in [2.75, 3.05) is 12.0 Å². The Morgan fingerprint density at radius 2 is 2.19 bits per heavy atom. The summed E-state index contributed by atoms with van der Waals surface area (Å²) in [7, 11) is 0. The number of carbonyl (C=O) groups is 3. The molecular formula is C23H27NO7S. The molecule has 1 aromatic carbocycles. The lowest BCUT2D eigenvalue weighted by molar-refractivity contribution is -0.177. The number of ketones is 1. The van der Waals surface area contributed by atoms with E-state index in [4.69, 9.17) is 9.47 Å². The van der Waals surface area contributed by atoms with Gasteiger partial charge in [-0.3, -0.25) is 4.79 Å². The Hall–Kier alpha value is -2.26. The van der Waals surface area contributed by atoms with E-state index in [1.54, 1.807) is 6.07 Å². The molecule has 1 aliphatic heterocycles. The number of thioether (sulfide) groups is 1. The molecule has 0 aromatic heterocycles. The summed E-state index contributed by atoms with van der Waals surface area (Å²) in [5.41, 5.74) is 0.0282. The average Bonchev–Trinajstić information content (AvgIpc) is 3.10. The number of amides is 1. The number of aliphatic hydroxyl groups is 1. The molecule has 0 radical (unpaired) electrons. The Bertz CT molecular complexity index is 997. The van der Waals surface area contributed by atoms with Crippen LogP contribution in [0.5, 0.6) is 11.5 Å². The van der Waals surface area contributed by atoms with Crippen molar-refractivity contribution in [3.63, 3.8) is 0 Å². The summed E-state index contributed by atoms with van der Waals surface area (Å²) in [6.45, 7) is 0. The molecule has 1 unspecified atom stereocenters. The van der Waals surface area contributed by atoms with Gasteiger partial charge in [-0.15, -0.1) is 0 Å². The van der Waals surface area contributed by atoms with E-state index >= 15 is 0 Å². The van der Waals surface area contributed by atoms with Gasteiger partial charge in [-0.25, -0.2) is 9.59 Å². The van der Waals surface area contributed by atoms with Crippen LogP contribution in [0.4, 0.5) is 4.79 Å². The van der Waals surface area contributed by atoms with E-state index < -0.39 is 35.2 Å². The smallest absolute Gasteiger partial charge is 0.413 e. The maximum atomic E-state index is 12.9. The van der Waals surface area contributed by atoms with Gasteiger partial charge in [0, 0.05) is 12.0 Å². The molecule has 4 aliphatic rings. The van der Waals surface area contributed by atoms with E-state index in [-0.39, 0.29) is 30.3 Å². The van der Waals surface area contributed by atoms with Crippen LogP contribution < -0.4 is 14.8 Å². The molecule has 1 aromatic rings. The summed E-state index contributed by atoms with van der Waals surface area (Å²) in [4.78, 5) is 36.9. The van der Waals surface area contributed by atoms with E-state index in [9.17, 15) is 24.6 Å². The number of Topliss-reactive ketones (excluding diaryl/α,β-unsaturated/α-hetero) is 1. The summed E-state index contributed by atoms with van der Waals surface area (Å²) < 4.78 is 11.7. The topological polar surface area (TPSA) is 122 Å². The van der Waals surface area contributed by atoms with Crippen LogP contribution >= 0.6 is 11.8 Å². The van der Waals surface area contributed by atoms with Gasteiger partial charge in [-0.1, -0.05) is 12.5 Å². The van der Waals surface area contributed by atoms with Crippen molar-refractivity contribution in [2.24, 2.45) is 5.92 Å². The van der Waals surface area contributed by atoms with Crippen LogP contribution in [-0.4, -0.2) is 57.8 Å². The normalized spacial score (nSPS) is 32.5. The first-order valence-corrected chi connectivity index (χ1v) is 12.5. The van der Waals surface area contributed by atoms with E-state index in [0.29, 0.717) is 30.8 Å². The number of carboxylic acid groups (broad SMARTS) is 1. The third-order valence-electron chi connectivity index (χ3n) is 7.82. The Morgan fingerprint density at radius 3 is 2.94 bits per heavy atom. The molecule has 3 N–H and O–H groups in total. The molecule has 3 aliphatic carbocycles. The maximum Gasteiger partial charge on any atom is 0.413 e. The summed E-state index contributed by atoms with van der Waals surface area (Å²) in [5.74, 6) is -0.00677. The highest BCUT2D eigenvalue weighted by Crippen LogP contribution is 2.66. The van der Waals surface area contributed by atoms with Crippen molar-refractivity contribution in [2.45, 2.75) is 68.1 Å². The van der Waals surface area contributed by atoms with Crippen LogP contribution in [0, 0.1) is 5.92 Å². The third-order valence-corrected chi connectivity index (χ3v) is 8.47. The van der Waals surface area contributed by atoms with Gasteiger partial charge in [0.15, 0.2) is 23.4 Å². The van der Waals surface area contributed by atoms with Crippen LogP contribution in [0.3, 0.4) is 0 Å². The number of aliphatic carboxylic acids is 1. The van der Waals surface area contributed by atoms with Crippen LogP contribution in [0.15, 0.2) is 12.1 Å². The zero-order valence-electron chi connectivity index (χ0n) is 17.9. The fraction of sp³-hybridized carbons (Fsp3) is 0.609. The van der Waals surface area contributed by atoms with Crippen LogP contribution in [0.25, 0.3) is 0 Å². The summed E-state index contributed by atoms with van der Waals surface area (Å²) in [5, 5.41) is 23.6. The molecule has 1 amide bonds. The van der Waals surface area contributed by atoms with Crippen molar-refractivity contribution in [1.82, 2.24) is 5.32 Å². The highest BCUT2D eigenvalue weighted by atomic mass is 32.2. The minimum absolute atomic E-state index is 0.0298. The van der Waals surface area contributed by atoms with E-state index in [1.165, 1.54) is 11.8 Å². The van der Waals surface area contributed by atoms with E-state index in [2.05, 4.69) is 5.32 Å². The van der Waals surface area contributed by atoms with Crippen LogP contribution in [0.1, 0.15) is 49.7 Å². The van der Waals surface area contributed by atoms with Gasteiger partial charge in [0.05, 0.1) is 11.0 Å². The Kier molecular flexibility index (Phi) is 5.16. The molecule has 2 bridgehead atoms. The molecule has 9 heteroatoms. The number of nitrogens with one attached hydrogen (secondary N) is 1. The van der Waals surface area contributed by atoms with Crippen molar-refractivity contribution in [3.8, 4) is 11.5 Å². The molecular weight excluding hydrogens is 434 g/mol. The highest BCUT2D eigenvalue weighted by Gasteiger charge is 2.71. The van der Waals surface area contributed by atoms with Gasteiger partial charge in [-0.2, -0.15) is 11.8 Å². The molecule has 5 rings (SSSR count). The standard InChI is InChI=1S/C23H27NO7S/c1-32-10-7-14(20(26)27)24-21(28)30-16-5-4-12-11-13-3-2-8-22-17(12)18(16)31-19(22)15(25)6-9-23(13,22)29/h4-5,13-14,19,29H,2-3,6-11H2,1H3,(H,24,28)(H,26,27)/t13-,14?,19+,22+,23-/m1/s1. The maximum absolute atomic E-state index is 12.9. The SMILES string of the molecule is CSCCC(NC(=O)Oc1ccc2c3c1O[C@H]1C(=O)CC[C@@]4(O)[C@H](CCC[C@]314)C2)C(=O)O. The fourth-order valence-electron chi connectivity index (χ4n) is 6.47. The minimum Gasteiger partial charge on any atom is -0.480 e. The van der Waals surface area contributed by atoms with Crippen molar-refractivity contribution in [1.29, 1.82) is 0 Å². The Balaban J connectivity index is 1.49. The molecule has 8 nitrogen and oxygen atoms in total. The average molecular weight is 462 g/mol. The second-order valence-corrected chi connectivity index (χ2v) is 10.3. The van der Waals surface area contributed by atoms with Gasteiger partial charge < -0.3 is 25.0 Å². The van der Waals surface area contributed by atoms with Gasteiger partial charge in [0.25, 0.3) is 0 Å². The number of ether oxygens (including phenoxy) is 2. The van der Waals surface area contributed by atoms with Gasteiger partial charge >= 0.3 is 12.1 Å². The van der Waals surface area contributed by atoms with E-state index in [1.807, 2.05) is 12.3 Å². The third kappa shape index (κ3) is 2.90. The fourth-order valence-corrected chi connectivity index (χ4v) is 6.94. The van der Waals surface area contributed by atoms with Crippen molar-refractivity contribution < 1.29 is 34.1 Å². The van der Waals surface area contributed by atoms with Gasteiger partial charge in [0.1, 0.15) is 6.04 Å². The van der Waals surface area contributed by atoms with Gasteiger partial charge in [0.2, 0.25) is 0 Å². The molecule has 172 valence electrons. The summed E-state index contributed by atoms with van der Waals surface area (Å²) >= 11 is 1.49. The first kappa shape index (κ1) is 21.6. The number of hydrogen-bond donors (Lipinski definition) is 3. The van der Waals surface area contributed by atoms with Crippen LogP contribution in [0.2, 0.25) is 0 Å². The molecule has 2 fully saturated rings. The molecule has 0 saturated heterocycles. The molecule has 1 spiro atoms. The minimum atomic E-state index is -1.13. The zero-order valence-corrected chi connectivity index (χ0v) is 18.7. The van der Waals surface area contributed by atoms with Crippen molar-refractivity contribution >= 4 is 29.6 Å². The number of carboxylic acids is 1. The number of benzene rings is 1. The lowest BCUT2D eigenvalue weighted by atomic mass is 9.46. The lowest BCUT2D eigenvalue weighted by Gasteiger charge is -2.59.